The third kappa shape index (κ3) is 1.42. The van der Waals surface area contributed by atoms with Crippen LogP contribution in [-0.4, -0.2) is 14.3 Å². The smallest absolute Gasteiger partial charge is 0.107 e. The van der Waals surface area contributed by atoms with Gasteiger partial charge in [-0.2, -0.15) is 5.10 Å². The monoisotopic (exact) mass is 240 g/mol. The van der Waals surface area contributed by atoms with Gasteiger partial charge in [-0.1, -0.05) is 12.1 Å². The molecule has 0 atom stereocenters. The van der Waals surface area contributed by atoms with Crippen molar-refractivity contribution in [2.75, 3.05) is 5.73 Å². The Hall–Kier alpha value is -2.23. The fourth-order valence-corrected chi connectivity index (χ4v) is 2.44. The van der Waals surface area contributed by atoms with E-state index in [0.29, 0.717) is 5.69 Å². The zero-order chi connectivity index (χ0) is 12.9. The van der Waals surface area contributed by atoms with E-state index < -0.39 is 0 Å². The molecule has 3 rings (SSSR count). The molecule has 0 bridgehead atoms. The number of hydrogen-bond donors (Lipinski definition) is 1. The van der Waals surface area contributed by atoms with Crippen molar-refractivity contribution in [2.24, 2.45) is 14.1 Å². The fraction of sp³-hybridized carbons (Fsp3) is 0.214. The standard InChI is InChI=1S/C14H16N4/c1-9-4-5-10-7-13(17(2)12(10)6-9)14-11(15)8-16-18(14)3/h4-8H,15H2,1-3H3. The molecule has 0 fully saturated rings. The second-order valence-corrected chi connectivity index (χ2v) is 4.72. The number of aromatic nitrogens is 3. The number of hydrogen-bond acceptors (Lipinski definition) is 2. The van der Waals surface area contributed by atoms with E-state index >= 15 is 0 Å². The van der Waals surface area contributed by atoms with Crippen LogP contribution in [0, 0.1) is 6.92 Å². The van der Waals surface area contributed by atoms with Gasteiger partial charge in [0, 0.05) is 25.0 Å². The van der Waals surface area contributed by atoms with Crippen LogP contribution in [-0.2, 0) is 14.1 Å². The van der Waals surface area contributed by atoms with Gasteiger partial charge in [-0.25, -0.2) is 0 Å². The molecule has 0 unspecified atom stereocenters. The van der Waals surface area contributed by atoms with Crippen molar-refractivity contribution in [2.45, 2.75) is 6.92 Å². The molecule has 0 spiro atoms. The topological polar surface area (TPSA) is 48.8 Å². The van der Waals surface area contributed by atoms with E-state index in [0.717, 1.165) is 11.4 Å². The van der Waals surface area contributed by atoms with Crippen LogP contribution in [0.2, 0.25) is 0 Å². The predicted octanol–water partition coefficient (Wildman–Crippen LogP) is 2.47. The van der Waals surface area contributed by atoms with Gasteiger partial charge in [-0.05, 0) is 24.6 Å². The maximum absolute atomic E-state index is 6.00. The molecule has 1 aromatic carbocycles. The minimum atomic E-state index is 0.708. The van der Waals surface area contributed by atoms with Crippen molar-refractivity contribution < 1.29 is 0 Å². The molecular weight excluding hydrogens is 224 g/mol. The average molecular weight is 240 g/mol. The third-order valence-corrected chi connectivity index (χ3v) is 3.41. The van der Waals surface area contributed by atoms with Crippen LogP contribution in [0.5, 0.6) is 0 Å². The second-order valence-electron chi connectivity index (χ2n) is 4.72. The first-order chi connectivity index (χ1) is 8.58. The number of nitrogen functional groups attached to an aromatic ring is 1. The van der Waals surface area contributed by atoms with Gasteiger partial charge in [0.25, 0.3) is 0 Å². The summed E-state index contributed by atoms with van der Waals surface area (Å²) in [4.78, 5) is 0. The lowest BCUT2D eigenvalue weighted by Crippen LogP contribution is -2.00. The number of nitrogens with zero attached hydrogens (tertiary/aromatic N) is 3. The molecule has 0 saturated heterocycles. The maximum Gasteiger partial charge on any atom is 0.107 e. The van der Waals surface area contributed by atoms with Crippen molar-refractivity contribution in [3.8, 4) is 11.4 Å². The van der Waals surface area contributed by atoms with E-state index in [1.54, 1.807) is 6.20 Å². The minimum Gasteiger partial charge on any atom is -0.396 e. The first-order valence-corrected chi connectivity index (χ1v) is 5.92. The molecule has 0 aliphatic carbocycles. The lowest BCUT2D eigenvalue weighted by atomic mass is 10.2. The maximum atomic E-state index is 6.00. The van der Waals surface area contributed by atoms with Gasteiger partial charge < -0.3 is 10.3 Å². The molecule has 0 aliphatic heterocycles. The number of anilines is 1. The first-order valence-electron chi connectivity index (χ1n) is 5.92. The van der Waals surface area contributed by atoms with E-state index in [4.69, 9.17) is 5.73 Å². The zero-order valence-electron chi connectivity index (χ0n) is 10.8. The summed E-state index contributed by atoms with van der Waals surface area (Å²) in [6.45, 7) is 2.10. The Morgan fingerprint density at radius 1 is 1.17 bits per heavy atom. The molecule has 0 radical (unpaired) electrons. The summed E-state index contributed by atoms with van der Waals surface area (Å²) >= 11 is 0. The van der Waals surface area contributed by atoms with Crippen molar-refractivity contribution in [1.82, 2.24) is 14.3 Å². The molecule has 2 N–H and O–H groups in total. The highest BCUT2D eigenvalue weighted by Gasteiger charge is 2.14. The number of nitrogens with two attached hydrogens (primary N) is 1. The zero-order valence-corrected chi connectivity index (χ0v) is 10.8. The molecular formula is C14H16N4. The van der Waals surface area contributed by atoms with Gasteiger partial charge >= 0.3 is 0 Å². The Labute approximate surface area is 106 Å². The average Bonchev–Trinajstić information content (AvgIpc) is 2.82. The molecule has 4 nitrogen and oxygen atoms in total. The summed E-state index contributed by atoms with van der Waals surface area (Å²) < 4.78 is 3.98. The quantitative estimate of drug-likeness (QED) is 0.710. The van der Waals surface area contributed by atoms with Gasteiger partial charge in [0.05, 0.1) is 17.6 Å². The lowest BCUT2D eigenvalue weighted by molar-refractivity contribution is 0.768. The van der Waals surface area contributed by atoms with E-state index in [2.05, 4.69) is 47.9 Å². The summed E-state index contributed by atoms with van der Waals surface area (Å²) in [5.74, 6) is 0. The van der Waals surface area contributed by atoms with E-state index in [-0.39, 0.29) is 0 Å². The SMILES string of the molecule is Cc1ccc2cc(-c3c(N)cnn3C)n(C)c2c1. The van der Waals surface area contributed by atoms with Crippen molar-refractivity contribution >= 4 is 16.6 Å². The van der Waals surface area contributed by atoms with Crippen LogP contribution in [0.15, 0.2) is 30.5 Å². The van der Waals surface area contributed by atoms with Crippen LogP contribution >= 0.6 is 0 Å². The molecule has 2 heterocycles. The van der Waals surface area contributed by atoms with Gasteiger partial charge in [0.1, 0.15) is 5.69 Å². The van der Waals surface area contributed by atoms with E-state index in [9.17, 15) is 0 Å². The van der Waals surface area contributed by atoms with Gasteiger partial charge in [-0.15, -0.1) is 0 Å². The summed E-state index contributed by atoms with van der Waals surface area (Å²) in [6, 6.07) is 8.60. The molecule has 0 aliphatic rings. The molecule has 2 aromatic heterocycles. The lowest BCUT2D eigenvalue weighted by Gasteiger charge is -2.06. The third-order valence-electron chi connectivity index (χ3n) is 3.41. The first kappa shape index (κ1) is 10.9. The highest BCUT2D eigenvalue weighted by atomic mass is 15.3. The minimum absolute atomic E-state index is 0.708. The summed E-state index contributed by atoms with van der Waals surface area (Å²) in [7, 11) is 3.97. The molecule has 18 heavy (non-hydrogen) atoms. The Balaban J connectivity index is 2.34. The number of fused-ring (bicyclic) bond motifs is 1. The highest BCUT2D eigenvalue weighted by Crippen LogP contribution is 2.30. The van der Waals surface area contributed by atoms with Crippen LogP contribution in [0.25, 0.3) is 22.3 Å². The number of aryl methyl sites for hydroxylation is 3. The Bertz CT molecular complexity index is 714. The van der Waals surface area contributed by atoms with Crippen LogP contribution in [0.1, 0.15) is 5.56 Å². The largest absolute Gasteiger partial charge is 0.396 e. The predicted molar refractivity (Wildman–Crippen MR) is 74.3 cm³/mol. The number of benzene rings is 1. The normalized spacial score (nSPS) is 11.3. The Kier molecular flexibility index (Phi) is 2.20. The fourth-order valence-electron chi connectivity index (χ4n) is 2.44. The van der Waals surface area contributed by atoms with E-state index in [1.165, 1.54) is 16.5 Å². The van der Waals surface area contributed by atoms with Crippen molar-refractivity contribution in [1.29, 1.82) is 0 Å². The van der Waals surface area contributed by atoms with Crippen LogP contribution in [0.3, 0.4) is 0 Å². The summed E-state index contributed by atoms with van der Waals surface area (Å²) in [6.07, 6.45) is 1.69. The van der Waals surface area contributed by atoms with Gasteiger partial charge in [0.2, 0.25) is 0 Å². The molecule has 0 amide bonds. The number of rotatable bonds is 1. The van der Waals surface area contributed by atoms with Gasteiger partial charge in [-0.3, -0.25) is 4.68 Å². The van der Waals surface area contributed by atoms with Crippen molar-refractivity contribution in [3.63, 3.8) is 0 Å². The summed E-state index contributed by atoms with van der Waals surface area (Å²) in [5, 5.41) is 5.42. The molecule has 4 heteroatoms. The highest BCUT2D eigenvalue weighted by molar-refractivity contribution is 5.88. The molecule has 3 aromatic rings. The molecule has 92 valence electrons. The summed E-state index contributed by atoms with van der Waals surface area (Å²) in [5.41, 5.74) is 11.2. The van der Waals surface area contributed by atoms with Crippen LogP contribution < -0.4 is 5.73 Å². The van der Waals surface area contributed by atoms with Gasteiger partial charge in [0.15, 0.2) is 0 Å². The second kappa shape index (κ2) is 3.63. The van der Waals surface area contributed by atoms with Crippen molar-refractivity contribution in [3.05, 3.63) is 36.0 Å². The van der Waals surface area contributed by atoms with Crippen LogP contribution in [0.4, 0.5) is 5.69 Å². The Morgan fingerprint density at radius 3 is 2.61 bits per heavy atom. The Morgan fingerprint density at radius 2 is 1.94 bits per heavy atom. The van der Waals surface area contributed by atoms with E-state index in [1.807, 2.05) is 11.7 Å². The molecule has 0 saturated carbocycles.